The Balaban J connectivity index is 1.84. The summed E-state index contributed by atoms with van der Waals surface area (Å²) in [4.78, 5) is 0. The van der Waals surface area contributed by atoms with Crippen LogP contribution in [0.5, 0.6) is 5.75 Å². The van der Waals surface area contributed by atoms with Gasteiger partial charge in [-0.1, -0.05) is 18.6 Å². The van der Waals surface area contributed by atoms with Gasteiger partial charge in [-0.15, -0.1) is 0 Å². The van der Waals surface area contributed by atoms with Crippen molar-refractivity contribution in [3.63, 3.8) is 0 Å². The SMILES string of the molecule is CC(C)(C)Oc1ccc(C2(O)CC3CCCC(C2)S3(=O)=O)cc1. The van der Waals surface area contributed by atoms with Gasteiger partial charge in [0.1, 0.15) is 11.4 Å². The fraction of sp³-hybridized carbons (Fsp3) is 0.667. The first kappa shape index (κ1) is 16.8. The van der Waals surface area contributed by atoms with Crippen molar-refractivity contribution in [2.75, 3.05) is 0 Å². The molecule has 2 saturated heterocycles. The van der Waals surface area contributed by atoms with Crippen molar-refractivity contribution in [1.29, 1.82) is 0 Å². The lowest BCUT2D eigenvalue weighted by molar-refractivity contribution is 0.00493. The molecular weight excluding hydrogens is 312 g/mol. The van der Waals surface area contributed by atoms with Crippen LogP contribution in [-0.2, 0) is 15.4 Å². The van der Waals surface area contributed by atoms with Gasteiger partial charge in [-0.2, -0.15) is 0 Å². The molecule has 4 nitrogen and oxygen atoms in total. The van der Waals surface area contributed by atoms with Crippen LogP contribution in [0.1, 0.15) is 58.4 Å². The van der Waals surface area contributed by atoms with Crippen LogP contribution < -0.4 is 4.74 Å². The zero-order chi connectivity index (χ0) is 16.9. The fourth-order valence-corrected chi connectivity index (χ4v) is 6.42. The second-order valence-corrected chi connectivity index (χ2v) is 10.5. The molecule has 3 rings (SSSR count). The maximum Gasteiger partial charge on any atom is 0.156 e. The molecule has 2 fully saturated rings. The maximum absolute atomic E-state index is 12.4. The Bertz CT molecular complexity index is 650. The van der Waals surface area contributed by atoms with Crippen LogP contribution in [0, 0.1) is 0 Å². The summed E-state index contributed by atoms with van der Waals surface area (Å²) >= 11 is 0. The summed E-state index contributed by atoms with van der Waals surface area (Å²) in [5.41, 5.74) is -0.513. The van der Waals surface area contributed by atoms with Gasteiger partial charge in [0.2, 0.25) is 0 Å². The average molecular weight is 338 g/mol. The quantitative estimate of drug-likeness (QED) is 0.899. The number of benzene rings is 1. The highest BCUT2D eigenvalue weighted by molar-refractivity contribution is 7.92. The number of hydrogen-bond acceptors (Lipinski definition) is 4. The van der Waals surface area contributed by atoms with Crippen LogP contribution in [0.25, 0.3) is 0 Å². The van der Waals surface area contributed by atoms with Gasteiger partial charge in [0.25, 0.3) is 0 Å². The topological polar surface area (TPSA) is 63.6 Å². The Morgan fingerprint density at radius 1 is 1.09 bits per heavy atom. The van der Waals surface area contributed by atoms with E-state index in [0.717, 1.165) is 17.7 Å². The molecule has 2 atom stereocenters. The van der Waals surface area contributed by atoms with E-state index in [0.29, 0.717) is 25.7 Å². The van der Waals surface area contributed by atoms with Gasteiger partial charge in [0.15, 0.2) is 9.84 Å². The Kier molecular flexibility index (Phi) is 4.00. The second-order valence-electron chi connectivity index (χ2n) is 7.94. The Hall–Kier alpha value is -1.07. The first-order chi connectivity index (χ1) is 10.6. The summed E-state index contributed by atoms with van der Waals surface area (Å²) < 4.78 is 30.6. The van der Waals surface area contributed by atoms with E-state index in [4.69, 9.17) is 4.74 Å². The molecule has 0 radical (unpaired) electrons. The Morgan fingerprint density at radius 3 is 2.09 bits per heavy atom. The summed E-state index contributed by atoms with van der Waals surface area (Å²) in [5.74, 6) is 0.758. The van der Waals surface area contributed by atoms with Crippen LogP contribution in [0.4, 0.5) is 0 Å². The third kappa shape index (κ3) is 3.26. The van der Waals surface area contributed by atoms with Gasteiger partial charge in [0.05, 0.1) is 16.1 Å². The third-order valence-corrected chi connectivity index (χ3v) is 7.59. The molecule has 0 aromatic heterocycles. The molecule has 128 valence electrons. The number of ether oxygens (including phenoxy) is 1. The monoisotopic (exact) mass is 338 g/mol. The van der Waals surface area contributed by atoms with Crippen LogP contribution in [0.3, 0.4) is 0 Å². The molecule has 1 aromatic rings. The van der Waals surface area contributed by atoms with Gasteiger partial charge in [0, 0.05) is 0 Å². The second kappa shape index (κ2) is 5.49. The molecule has 0 spiro atoms. The van der Waals surface area contributed by atoms with Crippen molar-refractivity contribution in [3.05, 3.63) is 29.8 Å². The van der Waals surface area contributed by atoms with Gasteiger partial charge < -0.3 is 9.84 Å². The van der Waals surface area contributed by atoms with Crippen LogP contribution in [0.15, 0.2) is 24.3 Å². The first-order valence-corrected chi connectivity index (χ1v) is 9.96. The largest absolute Gasteiger partial charge is 0.488 e. The lowest BCUT2D eigenvalue weighted by Gasteiger charge is -2.44. The van der Waals surface area contributed by atoms with E-state index in [9.17, 15) is 13.5 Å². The van der Waals surface area contributed by atoms with Crippen molar-refractivity contribution in [2.24, 2.45) is 0 Å². The van der Waals surface area contributed by atoms with E-state index in [1.807, 2.05) is 45.0 Å². The third-order valence-electron chi connectivity index (χ3n) is 4.93. The van der Waals surface area contributed by atoms with Gasteiger partial charge in [-0.25, -0.2) is 8.42 Å². The van der Waals surface area contributed by atoms with E-state index in [-0.39, 0.29) is 5.60 Å². The highest BCUT2D eigenvalue weighted by atomic mass is 32.2. The van der Waals surface area contributed by atoms with Gasteiger partial charge >= 0.3 is 0 Å². The molecule has 2 bridgehead atoms. The number of rotatable bonds is 2. The van der Waals surface area contributed by atoms with Crippen molar-refractivity contribution in [3.8, 4) is 5.75 Å². The molecule has 0 aliphatic carbocycles. The van der Waals surface area contributed by atoms with E-state index < -0.39 is 25.9 Å². The first-order valence-electron chi connectivity index (χ1n) is 8.35. The number of hydrogen-bond donors (Lipinski definition) is 1. The summed E-state index contributed by atoms with van der Waals surface area (Å²) in [5, 5.41) is 10.3. The van der Waals surface area contributed by atoms with Crippen LogP contribution >= 0.6 is 0 Å². The van der Waals surface area contributed by atoms with E-state index >= 15 is 0 Å². The molecule has 0 saturated carbocycles. The summed E-state index contributed by atoms with van der Waals surface area (Å²) in [6.45, 7) is 5.96. The fourth-order valence-electron chi connectivity index (χ4n) is 3.87. The minimum Gasteiger partial charge on any atom is -0.488 e. The molecule has 1 aromatic carbocycles. The number of sulfone groups is 1. The molecule has 2 heterocycles. The van der Waals surface area contributed by atoms with Crippen molar-refractivity contribution in [2.45, 2.75) is 74.6 Å². The highest BCUT2D eigenvalue weighted by Crippen LogP contribution is 2.46. The molecule has 23 heavy (non-hydrogen) atoms. The lowest BCUT2D eigenvalue weighted by atomic mass is 9.80. The predicted octanol–water partition coefficient (Wildman–Crippen LogP) is 3.18. The minimum absolute atomic E-state index is 0.269. The maximum atomic E-state index is 12.4. The smallest absolute Gasteiger partial charge is 0.156 e. The predicted molar refractivity (Wildman–Crippen MR) is 90.3 cm³/mol. The van der Waals surface area contributed by atoms with Crippen molar-refractivity contribution < 1.29 is 18.3 Å². The van der Waals surface area contributed by atoms with Crippen molar-refractivity contribution in [1.82, 2.24) is 0 Å². The van der Waals surface area contributed by atoms with Crippen LogP contribution in [0.2, 0.25) is 0 Å². The zero-order valence-corrected chi connectivity index (χ0v) is 14.9. The molecule has 2 aliphatic rings. The van der Waals surface area contributed by atoms with Crippen LogP contribution in [-0.4, -0.2) is 29.6 Å². The molecule has 1 N–H and O–H groups in total. The summed E-state index contributed by atoms with van der Waals surface area (Å²) in [6, 6.07) is 7.46. The number of aliphatic hydroxyl groups is 1. The van der Waals surface area contributed by atoms with Gasteiger partial charge in [-0.05, 0) is 64.2 Å². The Labute approximate surface area is 138 Å². The molecule has 2 unspecified atom stereocenters. The van der Waals surface area contributed by atoms with E-state index in [1.54, 1.807) is 0 Å². The van der Waals surface area contributed by atoms with Crippen molar-refractivity contribution >= 4 is 9.84 Å². The normalized spacial score (nSPS) is 33.2. The Morgan fingerprint density at radius 2 is 1.61 bits per heavy atom. The molecule has 2 aliphatic heterocycles. The van der Waals surface area contributed by atoms with E-state index in [2.05, 4.69) is 0 Å². The molecule has 5 heteroatoms. The molecule has 0 amide bonds. The highest BCUT2D eigenvalue weighted by Gasteiger charge is 2.50. The average Bonchev–Trinajstić information content (AvgIpc) is 2.40. The minimum atomic E-state index is -3.06. The van der Waals surface area contributed by atoms with E-state index in [1.165, 1.54) is 0 Å². The zero-order valence-electron chi connectivity index (χ0n) is 14.1. The summed E-state index contributed by atoms with van der Waals surface area (Å²) in [6.07, 6.45) is 2.92. The molecular formula is C18H26O4S. The lowest BCUT2D eigenvalue weighted by Crippen LogP contribution is -2.50. The van der Waals surface area contributed by atoms with Gasteiger partial charge in [-0.3, -0.25) is 0 Å². The summed E-state index contributed by atoms with van der Waals surface area (Å²) in [7, 11) is -3.06. The number of fused-ring (bicyclic) bond motifs is 2. The standard InChI is InChI=1S/C18H26O4S/c1-17(2,3)22-14-9-7-13(8-10-14)18(19)11-15-5-4-6-16(12-18)23(15,20)21/h7-10,15-16,19H,4-6,11-12H2,1-3H3.